The molecule has 6 heteroatoms. The number of carbonyl (C=O) groups excluding carboxylic acids is 1. The largest absolute Gasteiger partial charge is 0.461 e. The van der Waals surface area contributed by atoms with Gasteiger partial charge in [-0.2, -0.15) is 0 Å². The maximum atomic E-state index is 13.1. The molecule has 1 atom stereocenters. The average molecular weight is 282 g/mol. The van der Waals surface area contributed by atoms with E-state index in [9.17, 15) is 9.18 Å². The van der Waals surface area contributed by atoms with E-state index in [1.54, 1.807) is 10.6 Å². The maximum Gasteiger partial charge on any atom is 0.326 e. The number of nitrogens with zero attached hydrogens (tertiary/aromatic N) is 1. The van der Waals surface area contributed by atoms with Crippen molar-refractivity contribution in [1.82, 2.24) is 9.55 Å². The molecule has 0 saturated heterocycles. The van der Waals surface area contributed by atoms with E-state index in [2.05, 4.69) is 4.98 Å². The van der Waals surface area contributed by atoms with Crippen molar-refractivity contribution in [3.05, 3.63) is 28.8 Å². The fourth-order valence-electron chi connectivity index (χ4n) is 1.77. The van der Waals surface area contributed by atoms with E-state index in [0.29, 0.717) is 15.8 Å². The van der Waals surface area contributed by atoms with Gasteiger partial charge in [-0.25, -0.2) is 4.39 Å². The van der Waals surface area contributed by atoms with Crippen LogP contribution in [0.15, 0.2) is 18.2 Å². The van der Waals surface area contributed by atoms with E-state index >= 15 is 0 Å². The molecule has 1 heterocycles. The molecule has 1 aromatic carbocycles. The number of hydrogen-bond acceptors (Lipinski definition) is 3. The molecule has 0 aliphatic heterocycles. The summed E-state index contributed by atoms with van der Waals surface area (Å²) in [6.45, 7) is 3.80. The standard InChI is InChI=1S/C13H15FN2O2S/c1-3-8(2)18-12(17)7-16-11-5-4-9(14)6-10(11)15-13(16)19/h4-6,8H,3,7H2,1-2H3,(H,15,19). The van der Waals surface area contributed by atoms with Gasteiger partial charge >= 0.3 is 5.97 Å². The number of carbonyl (C=O) groups is 1. The molecule has 4 nitrogen and oxygen atoms in total. The zero-order valence-electron chi connectivity index (χ0n) is 10.8. The summed E-state index contributed by atoms with van der Waals surface area (Å²) in [5.41, 5.74) is 1.26. The Bertz CT molecular complexity index is 662. The van der Waals surface area contributed by atoms with Crippen molar-refractivity contribution in [2.75, 3.05) is 0 Å². The Labute approximate surface area is 115 Å². The molecule has 0 saturated carbocycles. The van der Waals surface area contributed by atoms with Crippen LogP contribution in [0.5, 0.6) is 0 Å². The van der Waals surface area contributed by atoms with Gasteiger partial charge in [0.2, 0.25) is 0 Å². The zero-order valence-corrected chi connectivity index (χ0v) is 11.6. The molecular weight excluding hydrogens is 267 g/mol. The summed E-state index contributed by atoms with van der Waals surface area (Å²) in [5, 5.41) is 0. The minimum Gasteiger partial charge on any atom is -0.461 e. The summed E-state index contributed by atoms with van der Waals surface area (Å²) >= 11 is 5.13. The van der Waals surface area contributed by atoms with Gasteiger partial charge < -0.3 is 14.3 Å². The van der Waals surface area contributed by atoms with Crippen molar-refractivity contribution in [3.63, 3.8) is 0 Å². The van der Waals surface area contributed by atoms with Gasteiger partial charge in [0.1, 0.15) is 12.4 Å². The number of ether oxygens (including phenoxy) is 1. The topological polar surface area (TPSA) is 47.0 Å². The molecule has 1 N–H and O–H groups in total. The van der Waals surface area contributed by atoms with Crippen LogP contribution in [0.4, 0.5) is 4.39 Å². The molecule has 1 unspecified atom stereocenters. The van der Waals surface area contributed by atoms with Gasteiger partial charge in [-0.05, 0) is 43.8 Å². The van der Waals surface area contributed by atoms with Crippen LogP contribution in [0, 0.1) is 10.6 Å². The van der Waals surface area contributed by atoms with Gasteiger partial charge in [-0.15, -0.1) is 0 Å². The third-order valence-corrected chi connectivity index (χ3v) is 3.25. The quantitative estimate of drug-likeness (QED) is 0.692. The first-order chi connectivity index (χ1) is 9.01. The Kier molecular flexibility index (Phi) is 3.99. The smallest absolute Gasteiger partial charge is 0.326 e. The molecule has 0 fully saturated rings. The lowest BCUT2D eigenvalue weighted by Gasteiger charge is -2.11. The summed E-state index contributed by atoms with van der Waals surface area (Å²) in [7, 11) is 0. The second kappa shape index (κ2) is 5.52. The first-order valence-electron chi connectivity index (χ1n) is 6.08. The highest BCUT2D eigenvalue weighted by Gasteiger charge is 2.12. The van der Waals surface area contributed by atoms with Gasteiger partial charge in [-0.1, -0.05) is 6.92 Å². The number of aromatic amines is 1. The normalized spacial score (nSPS) is 12.6. The van der Waals surface area contributed by atoms with Crippen LogP contribution in [0.3, 0.4) is 0 Å². The zero-order chi connectivity index (χ0) is 14.0. The maximum absolute atomic E-state index is 13.1. The number of hydrogen-bond donors (Lipinski definition) is 1. The molecule has 1 aromatic heterocycles. The third kappa shape index (κ3) is 3.01. The lowest BCUT2D eigenvalue weighted by molar-refractivity contribution is -0.149. The molecule has 0 spiro atoms. The van der Waals surface area contributed by atoms with Crippen LogP contribution in [-0.2, 0) is 16.1 Å². The monoisotopic (exact) mass is 282 g/mol. The number of H-pyrrole nitrogens is 1. The number of imidazole rings is 1. The molecule has 0 radical (unpaired) electrons. The summed E-state index contributed by atoms with van der Waals surface area (Å²) in [6, 6.07) is 4.27. The number of aromatic nitrogens is 2. The minimum absolute atomic E-state index is 0.0226. The highest BCUT2D eigenvalue weighted by atomic mass is 32.1. The highest BCUT2D eigenvalue weighted by Crippen LogP contribution is 2.15. The first-order valence-corrected chi connectivity index (χ1v) is 6.49. The van der Waals surface area contributed by atoms with E-state index in [4.69, 9.17) is 17.0 Å². The van der Waals surface area contributed by atoms with E-state index < -0.39 is 0 Å². The van der Waals surface area contributed by atoms with Crippen molar-refractivity contribution in [1.29, 1.82) is 0 Å². The number of nitrogens with one attached hydrogen (secondary N) is 1. The molecule has 2 rings (SSSR count). The number of esters is 1. The molecule has 0 aliphatic carbocycles. The molecule has 0 aliphatic rings. The van der Waals surface area contributed by atoms with Crippen molar-refractivity contribution >= 4 is 29.2 Å². The Morgan fingerprint density at radius 1 is 1.58 bits per heavy atom. The van der Waals surface area contributed by atoms with Gasteiger partial charge in [0.25, 0.3) is 0 Å². The Morgan fingerprint density at radius 3 is 3.00 bits per heavy atom. The van der Waals surface area contributed by atoms with Gasteiger partial charge in [0.05, 0.1) is 17.1 Å². The van der Waals surface area contributed by atoms with Crippen molar-refractivity contribution in [2.45, 2.75) is 32.9 Å². The molecule has 102 valence electrons. The van der Waals surface area contributed by atoms with Gasteiger partial charge in [-0.3, -0.25) is 4.79 Å². The van der Waals surface area contributed by atoms with Gasteiger partial charge in [0.15, 0.2) is 4.77 Å². The van der Waals surface area contributed by atoms with Crippen LogP contribution >= 0.6 is 12.2 Å². The Hall–Kier alpha value is -1.69. The molecule has 19 heavy (non-hydrogen) atoms. The van der Waals surface area contributed by atoms with Crippen molar-refractivity contribution in [2.24, 2.45) is 0 Å². The summed E-state index contributed by atoms with van der Waals surface area (Å²) < 4.78 is 20.3. The second-order valence-corrected chi connectivity index (χ2v) is 4.77. The molecule has 2 aromatic rings. The Balaban J connectivity index is 2.28. The second-order valence-electron chi connectivity index (χ2n) is 4.39. The first kappa shape index (κ1) is 13.7. The molecule has 0 amide bonds. The lowest BCUT2D eigenvalue weighted by atomic mass is 10.3. The SMILES string of the molecule is CCC(C)OC(=O)Cn1c(=S)[nH]c2cc(F)ccc21. The average Bonchev–Trinajstić information content (AvgIpc) is 2.64. The van der Waals surface area contributed by atoms with Crippen molar-refractivity contribution in [3.8, 4) is 0 Å². The summed E-state index contributed by atoms with van der Waals surface area (Å²) in [4.78, 5) is 14.6. The summed E-state index contributed by atoms with van der Waals surface area (Å²) in [5.74, 6) is -0.700. The fourth-order valence-corrected chi connectivity index (χ4v) is 2.04. The molecular formula is C13H15FN2O2S. The van der Waals surface area contributed by atoms with Crippen molar-refractivity contribution < 1.29 is 13.9 Å². The van der Waals surface area contributed by atoms with Crippen LogP contribution in [-0.4, -0.2) is 21.6 Å². The van der Waals surface area contributed by atoms with Crippen LogP contribution in [0.2, 0.25) is 0 Å². The predicted molar refractivity (Wildman–Crippen MR) is 72.9 cm³/mol. The van der Waals surface area contributed by atoms with Crippen LogP contribution in [0.1, 0.15) is 20.3 Å². The number of halogens is 1. The van der Waals surface area contributed by atoms with Gasteiger partial charge in [0, 0.05) is 0 Å². The van der Waals surface area contributed by atoms with Crippen LogP contribution < -0.4 is 0 Å². The van der Waals surface area contributed by atoms with E-state index in [-0.39, 0.29) is 24.4 Å². The predicted octanol–water partition coefficient (Wildman–Crippen LogP) is 3.18. The minimum atomic E-state index is -0.351. The fraction of sp³-hybridized carbons (Fsp3) is 0.385. The number of fused-ring (bicyclic) bond motifs is 1. The summed E-state index contributed by atoms with van der Waals surface area (Å²) in [6.07, 6.45) is 0.639. The van der Waals surface area contributed by atoms with E-state index in [0.717, 1.165) is 6.42 Å². The third-order valence-electron chi connectivity index (χ3n) is 2.93. The number of benzene rings is 1. The van der Waals surface area contributed by atoms with Crippen LogP contribution in [0.25, 0.3) is 11.0 Å². The molecule has 0 bridgehead atoms. The highest BCUT2D eigenvalue weighted by molar-refractivity contribution is 7.71. The number of rotatable bonds is 4. The van der Waals surface area contributed by atoms with E-state index in [1.807, 2.05) is 13.8 Å². The Morgan fingerprint density at radius 2 is 2.32 bits per heavy atom. The van der Waals surface area contributed by atoms with E-state index in [1.165, 1.54) is 12.1 Å². The lowest BCUT2D eigenvalue weighted by Crippen LogP contribution is -2.19.